The lowest BCUT2D eigenvalue weighted by Gasteiger charge is -2.10. The third-order valence-electron chi connectivity index (χ3n) is 2.87. The zero-order valence-electron chi connectivity index (χ0n) is 12.1. The maximum absolute atomic E-state index is 12.1. The summed E-state index contributed by atoms with van der Waals surface area (Å²) in [7, 11) is 1.63. The number of hydrogen-bond acceptors (Lipinski definition) is 4. The van der Waals surface area contributed by atoms with Gasteiger partial charge in [-0.3, -0.25) is 4.79 Å². The number of nitrogen functional groups attached to an aromatic ring is 1. The zero-order valence-corrected chi connectivity index (χ0v) is 12.9. The molecule has 0 fully saturated rings. The fourth-order valence-electron chi connectivity index (χ4n) is 1.84. The number of hydrogen-bond donors (Lipinski definition) is 2. The second kappa shape index (κ2) is 7.04. The van der Waals surface area contributed by atoms with Crippen molar-refractivity contribution in [3.63, 3.8) is 0 Å². The molecule has 4 nitrogen and oxygen atoms in total. The van der Waals surface area contributed by atoms with Crippen molar-refractivity contribution >= 4 is 23.4 Å². The number of rotatable bonds is 5. The van der Waals surface area contributed by atoms with Crippen molar-refractivity contribution in [1.82, 2.24) is 5.32 Å². The molecule has 0 spiro atoms. The molecule has 3 N–H and O–H groups in total. The van der Waals surface area contributed by atoms with E-state index in [2.05, 4.69) is 5.32 Å². The highest BCUT2D eigenvalue weighted by atomic mass is 32.2. The minimum absolute atomic E-state index is 0.0893. The Kier molecular flexibility index (Phi) is 5.11. The van der Waals surface area contributed by atoms with Crippen LogP contribution in [0.5, 0.6) is 5.75 Å². The number of carbonyl (C=O) groups excluding carboxylic acids is 1. The molecule has 0 aliphatic carbocycles. The first-order valence-corrected chi connectivity index (χ1v) is 7.45. The van der Waals surface area contributed by atoms with Gasteiger partial charge in [0, 0.05) is 22.0 Å². The summed E-state index contributed by atoms with van der Waals surface area (Å²) < 4.78 is 5.14. The number of ether oxygens (including phenoxy) is 1. The SMILES string of the molecule is CCNC(=O)c1ccc(N)cc1Sc1ccc(OC)cc1. The first-order chi connectivity index (χ1) is 10.1. The van der Waals surface area contributed by atoms with Crippen molar-refractivity contribution in [3.05, 3.63) is 48.0 Å². The topological polar surface area (TPSA) is 64.4 Å². The van der Waals surface area contributed by atoms with Gasteiger partial charge >= 0.3 is 0 Å². The zero-order chi connectivity index (χ0) is 15.2. The standard InChI is InChI=1S/C16H18N2O2S/c1-3-18-16(19)14-9-4-11(17)10-15(14)21-13-7-5-12(20-2)6-8-13/h4-10H,3,17H2,1-2H3,(H,18,19). The molecule has 0 radical (unpaired) electrons. The Morgan fingerprint density at radius 2 is 1.95 bits per heavy atom. The summed E-state index contributed by atoms with van der Waals surface area (Å²) >= 11 is 1.51. The second-order valence-corrected chi connectivity index (χ2v) is 5.51. The third kappa shape index (κ3) is 3.92. The molecule has 0 aromatic heterocycles. The van der Waals surface area contributed by atoms with Crippen LogP contribution in [0.15, 0.2) is 52.3 Å². The maximum Gasteiger partial charge on any atom is 0.252 e. The lowest BCUT2D eigenvalue weighted by atomic mass is 10.2. The monoisotopic (exact) mass is 302 g/mol. The molecule has 0 atom stereocenters. The minimum Gasteiger partial charge on any atom is -0.497 e. The van der Waals surface area contributed by atoms with Gasteiger partial charge in [0.1, 0.15) is 5.75 Å². The van der Waals surface area contributed by atoms with E-state index >= 15 is 0 Å². The average molecular weight is 302 g/mol. The van der Waals surface area contributed by atoms with E-state index in [-0.39, 0.29) is 5.91 Å². The van der Waals surface area contributed by atoms with E-state index < -0.39 is 0 Å². The van der Waals surface area contributed by atoms with Crippen LogP contribution in [0.25, 0.3) is 0 Å². The molecule has 0 aliphatic rings. The highest BCUT2D eigenvalue weighted by Gasteiger charge is 2.12. The molecule has 2 aromatic rings. The van der Waals surface area contributed by atoms with E-state index in [0.717, 1.165) is 15.5 Å². The molecule has 0 saturated heterocycles. The van der Waals surface area contributed by atoms with Gasteiger partial charge in [0.05, 0.1) is 12.7 Å². The van der Waals surface area contributed by atoms with Gasteiger partial charge < -0.3 is 15.8 Å². The maximum atomic E-state index is 12.1. The number of amides is 1. The molecule has 21 heavy (non-hydrogen) atoms. The Labute approximate surface area is 128 Å². The highest BCUT2D eigenvalue weighted by molar-refractivity contribution is 7.99. The quantitative estimate of drug-likeness (QED) is 0.833. The molecule has 0 bridgehead atoms. The molecule has 0 saturated carbocycles. The van der Waals surface area contributed by atoms with Crippen molar-refractivity contribution in [2.75, 3.05) is 19.4 Å². The smallest absolute Gasteiger partial charge is 0.252 e. The number of nitrogens with two attached hydrogens (primary N) is 1. The number of carbonyl (C=O) groups is 1. The van der Waals surface area contributed by atoms with Gasteiger partial charge in [-0.1, -0.05) is 11.8 Å². The molecular formula is C16H18N2O2S. The Balaban J connectivity index is 2.28. The van der Waals surface area contributed by atoms with Crippen molar-refractivity contribution in [2.24, 2.45) is 0 Å². The summed E-state index contributed by atoms with van der Waals surface area (Å²) in [5.74, 6) is 0.712. The van der Waals surface area contributed by atoms with Gasteiger partial charge in [-0.2, -0.15) is 0 Å². The van der Waals surface area contributed by atoms with E-state index in [0.29, 0.717) is 17.8 Å². The summed E-state index contributed by atoms with van der Waals surface area (Å²) in [6.45, 7) is 2.49. The summed E-state index contributed by atoms with van der Waals surface area (Å²) in [5, 5.41) is 2.81. The fraction of sp³-hybridized carbons (Fsp3) is 0.188. The summed E-state index contributed by atoms with van der Waals surface area (Å²) in [6, 6.07) is 13.0. The van der Waals surface area contributed by atoms with Gasteiger partial charge in [0.2, 0.25) is 0 Å². The predicted octanol–water partition coefficient (Wildman–Crippen LogP) is 3.18. The van der Waals surface area contributed by atoms with E-state index in [1.54, 1.807) is 19.2 Å². The first-order valence-electron chi connectivity index (χ1n) is 6.63. The molecule has 110 valence electrons. The van der Waals surface area contributed by atoms with Gasteiger partial charge in [-0.05, 0) is 49.4 Å². The normalized spacial score (nSPS) is 10.2. The Morgan fingerprint density at radius 1 is 1.24 bits per heavy atom. The molecule has 5 heteroatoms. The van der Waals surface area contributed by atoms with Crippen LogP contribution in [0.1, 0.15) is 17.3 Å². The number of anilines is 1. The van der Waals surface area contributed by atoms with E-state index in [9.17, 15) is 4.79 Å². The van der Waals surface area contributed by atoms with Gasteiger partial charge in [0.15, 0.2) is 0 Å². The van der Waals surface area contributed by atoms with Crippen LogP contribution >= 0.6 is 11.8 Å². The Morgan fingerprint density at radius 3 is 2.57 bits per heavy atom. The lowest BCUT2D eigenvalue weighted by molar-refractivity contribution is 0.0953. The molecular weight excluding hydrogens is 284 g/mol. The summed E-state index contributed by atoms with van der Waals surface area (Å²) in [4.78, 5) is 13.9. The number of nitrogens with one attached hydrogen (secondary N) is 1. The van der Waals surface area contributed by atoms with Crippen LogP contribution in [-0.2, 0) is 0 Å². The van der Waals surface area contributed by atoms with Crippen LogP contribution in [0.2, 0.25) is 0 Å². The van der Waals surface area contributed by atoms with Crippen molar-refractivity contribution < 1.29 is 9.53 Å². The largest absolute Gasteiger partial charge is 0.497 e. The Bertz CT molecular complexity index is 627. The van der Waals surface area contributed by atoms with Crippen molar-refractivity contribution in [3.8, 4) is 5.75 Å². The summed E-state index contributed by atoms with van der Waals surface area (Å²) in [6.07, 6.45) is 0. The Hall–Kier alpha value is -2.14. The van der Waals surface area contributed by atoms with Crippen LogP contribution < -0.4 is 15.8 Å². The first kappa shape index (κ1) is 15.3. The molecule has 2 aromatic carbocycles. The molecule has 1 amide bonds. The fourth-order valence-corrected chi connectivity index (χ4v) is 2.83. The lowest BCUT2D eigenvalue weighted by Crippen LogP contribution is -2.23. The van der Waals surface area contributed by atoms with Crippen LogP contribution in [-0.4, -0.2) is 19.6 Å². The molecule has 2 rings (SSSR count). The van der Waals surface area contributed by atoms with Gasteiger partial charge in [-0.15, -0.1) is 0 Å². The van der Waals surface area contributed by atoms with E-state index in [1.165, 1.54) is 11.8 Å². The molecule has 0 heterocycles. The van der Waals surface area contributed by atoms with Gasteiger partial charge in [-0.25, -0.2) is 0 Å². The van der Waals surface area contributed by atoms with Crippen LogP contribution in [0.4, 0.5) is 5.69 Å². The molecule has 0 aliphatic heterocycles. The highest BCUT2D eigenvalue weighted by Crippen LogP contribution is 2.32. The summed E-state index contributed by atoms with van der Waals surface area (Å²) in [5.41, 5.74) is 7.11. The van der Waals surface area contributed by atoms with Crippen molar-refractivity contribution in [1.29, 1.82) is 0 Å². The van der Waals surface area contributed by atoms with Crippen LogP contribution in [0, 0.1) is 0 Å². The average Bonchev–Trinajstić information content (AvgIpc) is 2.48. The second-order valence-electron chi connectivity index (χ2n) is 4.39. The molecule has 0 unspecified atom stereocenters. The van der Waals surface area contributed by atoms with E-state index in [1.807, 2.05) is 37.3 Å². The van der Waals surface area contributed by atoms with Crippen LogP contribution in [0.3, 0.4) is 0 Å². The third-order valence-corrected chi connectivity index (χ3v) is 3.94. The number of methoxy groups -OCH3 is 1. The predicted molar refractivity (Wildman–Crippen MR) is 86.0 cm³/mol. The van der Waals surface area contributed by atoms with Gasteiger partial charge in [0.25, 0.3) is 5.91 Å². The minimum atomic E-state index is -0.0893. The number of benzene rings is 2. The van der Waals surface area contributed by atoms with Crippen molar-refractivity contribution in [2.45, 2.75) is 16.7 Å². The van der Waals surface area contributed by atoms with E-state index in [4.69, 9.17) is 10.5 Å².